The monoisotopic (exact) mass is 159 g/mol. The molecule has 1 aliphatic rings. The summed E-state index contributed by atoms with van der Waals surface area (Å²) in [6, 6.07) is 10.1. The molecular formula is C12H15. The molecule has 12 heavy (non-hydrogen) atoms. The number of hydrogen-bond donors (Lipinski definition) is 0. The number of benzene rings is 1. The minimum absolute atomic E-state index is 0.872. The van der Waals surface area contributed by atoms with E-state index in [1.54, 1.807) is 0 Å². The molecule has 0 atom stereocenters. The van der Waals surface area contributed by atoms with Gasteiger partial charge >= 0.3 is 0 Å². The van der Waals surface area contributed by atoms with E-state index < -0.39 is 0 Å². The highest BCUT2D eigenvalue weighted by atomic mass is 14.3. The molecule has 63 valence electrons. The zero-order valence-corrected chi connectivity index (χ0v) is 7.64. The second-order valence-electron chi connectivity index (χ2n) is 3.67. The fraction of sp³-hybridized carbons (Fsp3) is 0.500. The maximum atomic E-state index is 3.36. The average molecular weight is 159 g/mol. The molecule has 1 aromatic carbocycles. The summed E-state index contributed by atoms with van der Waals surface area (Å²) in [6.07, 6.45) is 5.17. The third kappa shape index (κ3) is 1.69. The molecule has 0 aromatic heterocycles. The zero-order chi connectivity index (χ0) is 8.39. The summed E-state index contributed by atoms with van der Waals surface area (Å²) in [4.78, 5) is 0. The third-order valence-corrected chi connectivity index (χ3v) is 2.47. The van der Waals surface area contributed by atoms with Gasteiger partial charge in [-0.25, -0.2) is 0 Å². The van der Waals surface area contributed by atoms with Crippen molar-refractivity contribution in [3.63, 3.8) is 0 Å². The van der Waals surface area contributed by atoms with Crippen LogP contribution in [0.4, 0.5) is 0 Å². The first-order valence-electron chi connectivity index (χ1n) is 4.90. The van der Waals surface area contributed by atoms with E-state index in [1.165, 1.54) is 36.8 Å². The van der Waals surface area contributed by atoms with Crippen LogP contribution in [0.25, 0.3) is 0 Å². The van der Waals surface area contributed by atoms with Gasteiger partial charge in [0.15, 0.2) is 0 Å². The van der Waals surface area contributed by atoms with Crippen LogP contribution in [0.5, 0.6) is 0 Å². The van der Waals surface area contributed by atoms with E-state index in [0.717, 1.165) is 5.92 Å². The van der Waals surface area contributed by atoms with Crippen LogP contribution in [-0.4, -0.2) is 0 Å². The molecule has 0 N–H and O–H groups in total. The average Bonchev–Trinajstić information content (AvgIpc) is 2.89. The molecule has 0 aliphatic heterocycles. The van der Waals surface area contributed by atoms with Gasteiger partial charge in [0.25, 0.3) is 0 Å². The molecule has 1 aliphatic carbocycles. The number of hydrogen-bond acceptors (Lipinski definition) is 0. The van der Waals surface area contributed by atoms with Gasteiger partial charge in [0, 0.05) is 0 Å². The van der Waals surface area contributed by atoms with Gasteiger partial charge in [0.1, 0.15) is 0 Å². The van der Waals surface area contributed by atoms with Crippen molar-refractivity contribution in [3.05, 3.63) is 35.4 Å². The van der Waals surface area contributed by atoms with Crippen LogP contribution in [0.1, 0.15) is 43.2 Å². The van der Waals surface area contributed by atoms with Crippen molar-refractivity contribution in [3.8, 4) is 0 Å². The molecule has 0 bridgehead atoms. The first-order valence-corrected chi connectivity index (χ1v) is 4.90. The summed E-state index contributed by atoms with van der Waals surface area (Å²) in [5, 5.41) is 0. The van der Waals surface area contributed by atoms with Crippen LogP contribution in [0, 0.1) is 6.07 Å². The van der Waals surface area contributed by atoms with Gasteiger partial charge in [-0.1, -0.05) is 31.5 Å². The Hall–Kier alpha value is -0.780. The lowest BCUT2D eigenvalue weighted by Crippen LogP contribution is -1.84. The van der Waals surface area contributed by atoms with E-state index in [1.807, 2.05) is 0 Å². The molecular weight excluding hydrogens is 144 g/mol. The van der Waals surface area contributed by atoms with Crippen LogP contribution >= 0.6 is 0 Å². The first kappa shape index (κ1) is 7.85. The highest BCUT2D eigenvalue weighted by molar-refractivity contribution is 5.27. The SMILES string of the molecule is CCCc1[c]cc(C2CC2)cc1. The minimum atomic E-state index is 0.872. The maximum Gasteiger partial charge on any atom is -0.0146 e. The zero-order valence-electron chi connectivity index (χ0n) is 7.64. The van der Waals surface area contributed by atoms with Crippen molar-refractivity contribution < 1.29 is 0 Å². The van der Waals surface area contributed by atoms with Crippen LogP contribution in [0.3, 0.4) is 0 Å². The van der Waals surface area contributed by atoms with Crippen molar-refractivity contribution in [1.82, 2.24) is 0 Å². The van der Waals surface area contributed by atoms with Gasteiger partial charge in [0.2, 0.25) is 0 Å². The van der Waals surface area contributed by atoms with Gasteiger partial charge in [-0.05, 0) is 42.4 Å². The molecule has 0 saturated heterocycles. The Morgan fingerprint density at radius 2 is 2.25 bits per heavy atom. The topological polar surface area (TPSA) is 0 Å². The molecule has 0 spiro atoms. The number of aryl methyl sites for hydroxylation is 1. The van der Waals surface area contributed by atoms with Gasteiger partial charge in [0.05, 0.1) is 0 Å². The van der Waals surface area contributed by atoms with E-state index in [4.69, 9.17) is 0 Å². The Bertz CT molecular complexity index is 241. The van der Waals surface area contributed by atoms with E-state index >= 15 is 0 Å². The third-order valence-electron chi connectivity index (χ3n) is 2.47. The predicted octanol–water partition coefficient (Wildman–Crippen LogP) is 3.32. The predicted molar refractivity (Wildman–Crippen MR) is 51.2 cm³/mol. The highest BCUT2D eigenvalue weighted by Crippen LogP contribution is 2.39. The molecule has 0 amide bonds. The molecule has 0 heteroatoms. The smallest absolute Gasteiger partial charge is 0.0146 e. The van der Waals surface area contributed by atoms with Crippen LogP contribution in [0.2, 0.25) is 0 Å². The molecule has 0 heterocycles. The van der Waals surface area contributed by atoms with Gasteiger partial charge in [-0.3, -0.25) is 0 Å². The van der Waals surface area contributed by atoms with Crippen LogP contribution in [0.15, 0.2) is 18.2 Å². The van der Waals surface area contributed by atoms with E-state index in [9.17, 15) is 0 Å². The summed E-state index contributed by atoms with van der Waals surface area (Å²) < 4.78 is 0. The summed E-state index contributed by atoms with van der Waals surface area (Å²) in [6.45, 7) is 2.21. The normalized spacial score (nSPS) is 16.4. The van der Waals surface area contributed by atoms with Crippen LogP contribution in [-0.2, 0) is 6.42 Å². The summed E-state index contributed by atoms with van der Waals surface area (Å²) in [5.74, 6) is 0.872. The minimum Gasteiger partial charge on any atom is -0.0651 e. The van der Waals surface area contributed by atoms with Crippen molar-refractivity contribution in [2.45, 2.75) is 38.5 Å². The van der Waals surface area contributed by atoms with Crippen molar-refractivity contribution in [2.75, 3.05) is 0 Å². The largest absolute Gasteiger partial charge is 0.0651 e. The van der Waals surface area contributed by atoms with Crippen molar-refractivity contribution in [1.29, 1.82) is 0 Å². The summed E-state index contributed by atoms with van der Waals surface area (Å²) >= 11 is 0. The Morgan fingerprint density at radius 3 is 2.75 bits per heavy atom. The molecule has 2 rings (SSSR count). The lowest BCUT2D eigenvalue weighted by molar-refractivity contribution is 0.918. The van der Waals surface area contributed by atoms with Crippen molar-refractivity contribution in [2.24, 2.45) is 0 Å². The molecule has 1 radical (unpaired) electrons. The van der Waals surface area contributed by atoms with E-state index in [2.05, 4.69) is 31.2 Å². The molecule has 1 aromatic rings. The summed E-state index contributed by atoms with van der Waals surface area (Å²) in [5.41, 5.74) is 2.86. The fourth-order valence-electron chi connectivity index (χ4n) is 1.56. The van der Waals surface area contributed by atoms with Crippen LogP contribution < -0.4 is 0 Å². The van der Waals surface area contributed by atoms with Gasteiger partial charge < -0.3 is 0 Å². The van der Waals surface area contributed by atoms with E-state index in [-0.39, 0.29) is 0 Å². The molecule has 1 fully saturated rings. The fourth-order valence-corrected chi connectivity index (χ4v) is 1.56. The lowest BCUT2D eigenvalue weighted by atomic mass is 10.1. The first-order chi connectivity index (χ1) is 5.90. The molecule has 1 saturated carbocycles. The quantitative estimate of drug-likeness (QED) is 0.634. The Morgan fingerprint density at radius 1 is 1.42 bits per heavy atom. The van der Waals surface area contributed by atoms with Crippen molar-refractivity contribution >= 4 is 0 Å². The molecule has 0 nitrogen and oxygen atoms in total. The second-order valence-corrected chi connectivity index (χ2v) is 3.67. The summed E-state index contributed by atoms with van der Waals surface area (Å²) in [7, 11) is 0. The highest BCUT2D eigenvalue weighted by Gasteiger charge is 2.22. The van der Waals surface area contributed by atoms with Gasteiger partial charge in [-0.2, -0.15) is 0 Å². The van der Waals surface area contributed by atoms with E-state index in [0.29, 0.717) is 0 Å². The Labute approximate surface area is 74.6 Å². The van der Waals surface area contributed by atoms with Gasteiger partial charge in [-0.15, -0.1) is 0 Å². The lowest BCUT2D eigenvalue weighted by Gasteiger charge is -2.00. The second kappa shape index (κ2) is 3.30. The standard InChI is InChI=1S/C12H15/c1-2-3-10-4-6-11(7-5-10)12-8-9-12/h4,6-7,12H,2-3,8-9H2,1H3. The Balaban J connectivity index is 2.08. The molecule has 0 unspecified atom stereocenters. The number of rotatable bonds is 3. The Kier molecular flexibility index (Phi) is 2.16. The maximum absolute atomic E-state index is 3.36.